The second-order valence-corrected chi connectivity index (χ2v) is 12.4. The second kappa shape index (κ2) is 10.4. The molecule has 1 unspecified atom stereocenters. The Morgan fingerprint density at radius 2 is 2.08 bits per heavy atom. The van der Waals surface area contributed by atoms with E-state index in [0.717, 1.165) is 19.4 Å². The summed E-state index contributed by atoms with van der Waals surface area (Å²) < 4.78 is 60.9. The molecule has 40 heavy (non-hydrogen) atoms. The third-order valence-electron chi connectivity index (χ3n) is 7.44. The largest absolute Gasteiger partial charge is 0.434 e. The highest BCUT2D eigenvalue weighted by Gasteiger charge is 2.37. The van der Waals surface area contributed by atoms with E-state index < -0.39 is 27.9 Å². The standard InChI is InChI=1S/C26H29F2N7O4S/c1-33-10-2-4-16(33)14-34-15-21(31-25(36)20-13-30-35-11-3-9-29-24(20)35)23(32-34)19-12-18(40(37,38)17-5-6-17)7-8-22(19)39-26(27)28/h3,7-9,11-13,15-17,25-26,31,36H,2,4-6,10,14H2,1H3/t16-,25?/m1/s1. The molecule has 14 heteroatoms. The van der Waals surface area contributed by atoms with Gasteiger partial charge in [0.15, 0.2) is 21.7 Å². The van der Waals surface area contributed by atoms with Crippen molar-refractivity contribution in [1.29, 1.82) is 0 Å². The highest BCUT2D eigenvalue weighted by molar-refractivity contribution is 7.92. The van der Waals surface area contributed by atoms with Gasteiger partial charge in [0, 0.05) is 30.2 Å². The lowest BCUT2D eigenvalue weighted by molar-refractivity contribution is -0.0494. The number of benzene rings is 1. The maximum Gasteiger partial charge on any atom is 0.387 e. The molecule has 6 rings (SSSR count). The van der Waals surface area contributed by atoms with Gasteiger partial charge in [0.2, 0.25) is 0 Å². The quantitative estimate of drug-likeness (QED) is 0.275. The van der Waals surface area contributed by atoms with Crippen molar-refractivity contribution in [1.82, 2.24) is 29.3 Å². The van der Waals surface area contributed by atoms with E-state index in [4.69, 9.17) is 4.74 Å². The molecule has 2 atom stereocenters. The van der Waals surface area contributed by atoms with Crippen LogP contribution in [-0.2, 0) is 16.4 Å². The molecule has 0 radical (unpaired) electrons. The first-order chi connectivity index (χ1) is 19.2. The number of hydrogen-bond acceptors (Lipinski definition) is 9. The summed E-state index contributed by atoms with van der Waals surface area (Å²) in [5.41, 5.74) is 1.39. The summed E-state index contributed by atoms with van der Waals surface area (Å²) in [7, 11) is -1.60. The lowest BCUT2D eigenvalue weighted by Crippen LogP contribution is -2.29. The third-order valence-corrected chi connectivity index (χ3v) is 9.70. The summed E-state index contributed by atoms with van der Waals surface area (Å²) in [6, 6.07) is 5.77. The van der Waals surface area contributed by atoms with Crippen molar-refractivity contribution in [2.75, 3.05) is 18.9 Å². The molecule has 212 valence electrons. The van der Waals surface area contributed by atoms with E-state index in [9.17, 15) is 22.3 Å². The number of ether oxygens (including phenoxy) is 1. The van der Waals surface area contributed by atoms with Gasteiger partial charge < -0.3 is 20.1 Å². The second-order valence-electron chi connectivity index (χ2n) is 10.2. The smallest absolute Gasteiger partial charge is 0.387 e. The average Bonchev–Trinajstić information content (AvgIpc) is 3.42. The molecule has 0 amide bonds. The Balaban J connectivity index is 1.43. The molecule has 3 aromatic heterocycles. The molecule has 11 nitrogen and oxygen atoms in total. The Bertz CT molecular complexity index is 1640. The number of aliphatic hydroxyl groups is 1. The maximum absolute atomic E-state index is 13.4. The highest BCUT2D eigenvalue weighted by atomic mass is 32.2. The number of halogens is 2. The van der Waals surface area contributed by atoms with E-state index in [1.165, 1.54) is 28.9 Å². The number of rotatable bonds is 10. The topological polar surface area (TPSA) is 127 Å². The van der Waals surface area contributed by atoms with Gasteiger partial charge in [-0.1, -0.05) is 0 Å². The molecule has 1 aromatic carbocycles. The molecular weight excluding hydrogens is 544 g/mol. The van der Waals surface area contributed by atoms with Crippen LogP contribution in [0, 0.1) is 0 Å². The summed E-state index contributed by atoms with van der Waals surface area (Å²) in [6.45, 7) is -1.66. The zero-order chi connectivity index (χ0) is 28.0. The number of likely N-dealkylation sites (tertiary alicyclic amines) is 1. The summed E-state index contributed by atoms with van der Waals surface area (Å²) in [4.78, 5) is 6.51. The minimum Gasteiger partial charge on any atom is -0.434 e. The normalized spacial score (nSPS) is 19.0. The molecule has 0 spiro atoms. The number of fused-ring (bicyclic) bond motifs is 1. The van der Waals surface area contributed by atoms with Crippen LogP contribution in [-0.4, -0.2) is 74.3 Å². The van der Waals surface area contributed by atoms with Gasteiger partial charge in [-0.2, -0.15) is 19.0 Å². The van der Waals surface area contributed by atoms with Crippen molar-refractivity contribution in [3.05, 3.63) is 54.6 Å². The predicted molar refractivity (Wildman–Crippen MR) is 142 cm³/mol. The number of aliphatic hydroxyl groups excluding tert-OH is 1. The van der Waals surface area contributed by atoms with Crippen LogP contribution in [0.25, 0.3) is 16.9 Å². The molecular formula is C26H29F2N7O4S. The molecule has 1 saturated heterocycles. The van der Waals surface area contributed by atoms with Gasteiger partial charge in [0.25, 0.3) is 0 Å². The van der Waals surface area contributed by atoms with Crippen molar-refractivity contribution in [2.45, 2.75) is 61.3 Å². The molecule has 2 fully saturated rings. The summed E-state index contributed by atoms with van der Waals surface area (Å²) in [5.74, 6) is -0.219. The fourth-order valence-corrected chi connectivity index (χ4v) is 6.83. The van der Waals surface area contributed by atoms with Gasteiger partial charge in [-0.15, -0.1) is 0 Å². The van der Waals surface area contributed by atoms with E-state index in [1.54, 1.807) is 29.3 Å². The number of hydrogen-bond donors (Lipinski definition) is 2. The Morgan fingerprint density at radius 1 is 1.25 bits per heavy atom. The van der Waals surface area contributed by atoms with Crippen LogP contribution < -0.4 is 10.1 Å². The van der Waals surface area contributed by atoms with Crippen LogP contribution in [0.2, 0.25) is 0 Å². The summed E-state index contributed by atoms with van der Waals surface area (Å²) in [6.07, 6.45) is 8.29. The average molecular weight is 574 g/mol. The Hall–Kier alpha value is -3.62. The van der Waals surface area contributed by atoms with Crippen LogP contribution >= 0.6 is 0 Å². The molecule has 1 saturated carbocycles. The lowest BCUT2D eigenvalue weighted by Gasteiger charge is -2.19. The van der Waals surface area contributed by atoms with Crippen molar-refractivity contribution < 1.29 is 27.0 Å². The number of alkyl halides is 2. The van der Waals surface area contributed by atoms with Gasteiger partial charge in [0.1, 0.15) is 11.4 Å². The van der Waals surface area contributed by atoms with Crippen LogP contribution in [0.1, 0.15) is 37.5 Å². The zero-order valence-electron chi connectivity index (χ0n) is 21.7. The van der Waals surface area contributed by atoms with E-state index in [1.807, 2.05) is 7.05 Å². The van der Waals surface area contributed by atoms with Crippen LogP contribution in [0.4, 0.5) is 14.5 Å². The molecule has 1 aliphatic heterocycles. The van der Waals surface area contributed by atoms with Crippen molar-refractivity contribution in [2.24, 2.45) is 0 Å². The van der Waals surface area contributed by atoms with E-state index in [2.05, 4.69) is 25.4 Å². The van der Waals surface area contributed by atoms with Crippen LogP contribution in [0.3, 0.4) is 0 Å². The van der Waals surface area contributed by atoms with Gasteiger partial charge >= 0.3 is 6.61 Å². The number of aromatic nitrogens is 5. The molecule has 1 aliphatic carbocycles. The highest BCUT2D eigenvalue weighted by Crippen LogP contribution is 2.41. The predicted octanol–water partition coefficient (Wildman–Crippen LogP) is 3.33. The molecule has 2 N–H and O–H groups in total. The monoisotopic (exact) mass is 573 g/mol. The first-order valence-electron chi connectivity index (χ1n) is 13.0. The fourth-order valence-electron chi connectivity index (χ4n) is 5.15. The van der Waals surface area contributed by atoms with Gasteiger partial charge in [0.05, 0.1) is 34.1 Å². The number of likely N-dealkylation sites (N-methyl/N-ethyl adjacent to an activating group) is 1. The lowest BCUT2D eigenvalue weighted by atomic mass is 10.1. The zero-order valence-corrected chi connectivity index (χ0v) is 22.5. The maximum atomic E-state index is 13.4. The van der Waals surface area contributed by atoms with Crippen LogP contribution in [0.5, 0.6) is 5.75 Å². The van der Waals surface area contributed by atoms with Crippen molar-refractivity contribution in [3.8, 4) is 17.0 Å². The SMILES string of the molecule is CN1CCC[C@@H]1Cn1cc(NC(O)c2cnn3cccnc23)c(-c2cc(S(=O)(=O)C3CC3)ccc2OC(F)F)n1. The Morgan fingerprint density at radius 3 is 2.80 bits per heavy atom. The summed E-state index contributed by atoms with van der Waals surface area (Å²) in [5, 5.41) is 22.6. The van der Waals surface area contributed by atoms with Crippen LogP contribution in [0.15, 0.2) is 53.9 Å². The summed E-state index contributed by atoms with van der Waals surface area (Å²) >= 11 is 0. The van der Waals surface area contributed by atoms with E-state index in [-0.39, 0.29) is 27.9 Å². The Kier molecular flexibility index (Phi) is 6.92. The van der Waals surface area contributed by atoms with E-state index in [0.29, 0.717) is 36.3 Å². The number of nitrogens with one attached hydrogen (secondary N) is 1. The minimum absolute atomic E-state index is 0.00928. The first-order valence-corrected chi connectivity index (χ1v) is 14.6. The molecule has 0 bridgehead atoms. The van der Waals surface area contributed by atoms with Gasteiger partial charge in [-0.25, -0.2) is 17.9 Å². The first kappa shape index (κ1) is 26.6. The Labute approximate surface area is 229 Å². The number of anilines is 1. The number of sulfone groups is 1. The van der Waals surface area contributed by atoms with E-state index >= 15 is 0 Å². The molecule has 4 heterocycles. The van der Waals surface area contributed by atoms with Gasteiger partial charge in [-0.3, -0.25) is 4.68 Å². The van der Waals surface area contributed by atoms with Crippen molar-refractivity contribution in [3.63, 3.8) is 0 Å². The molecule has 4 aromatic rings. The van der Waals surface area contributed by atoms with Gasteiger partial charge in [-0.05, 0) is 63.5 Å². The fraction of sp³-hybridized carbons (Fsp3) is 0.423. The molecule has 2 aliphatic rings. The third kappa shape index (κ3) is 5.13. The van der Waals surface area contributed by atoms with Crippen molar-refractivity contribution >= 4 is 21.2 Å². The minimum atomic E-state index is -3.63. The number of nitrogens with zero attached hydrogens (tertiary/aromatic N) is 6.